The molecule has 1 aliphatic heterocycles. The second-order valence-electron chi connectivity index (χ2n) is 8.57. The summed E-state index contributed by atoms with van der Waals surface area (Å²) in [4.78, 5) is 15.9. The van der Waals surface area contributed by atoms with Gasteiger partial charge in [-0.3, -0.25) is 9.38 Å². The molecule has 0 aromatic carbocycles. The average molecular weight is 440 g/mol. The highest BCUT2D eigenvalue weighted by atomic mass is 15.2. The molecule has 166 valence electrons. The molecule has 0 spiro atoms. The summed E-state index contributed by atoms with van der Waals surface area (Å²) in [6.45, 7) is 1.80. The number of hydrogen-bond acceptors (Lipinski definition) is 7. The van der Waals surface area contributed by atoms with Crippen molar-refractivity contribution in [3.8, 4) is 11.3 Å². The Labute approximate surface area is 190 Å². The van der Waals surface area contributed by atoms with Crippen LogP contribution in [0.15, 0.2) is 61.4 Å². The number of nitrogens with two attached hydrogens (primary N) is 2. The second-order valence-corrected chi connectivity index (χ2v) is 8.57. The molecule has 1 fully saturated rings. The van der Waals surface area contributed by atoms with Crippen LogP contribution in [0.25, 0.3) is 22.4 Å². The molecule has 6 rings (SSSR count). The molecule has 5 aromatic heterocycles. The highest BCUT2D eigenvalue weighted by Crippen LogP contribution is 2.31. The van der Waals surface area contributed by atoms with Crippen LogP contribution in [0.1, 0.15) is 24.1 Å². The first-order chi connectivity index (χ1) is 16.2. The number of piperidine rings is 1. The summed E-state index contributed by atoms with van der Waals surface area (Å²) in [6.07, 6.45) is 14.1. The van der Waals surface area contributed by atoms with E-state index in [4.69, 9.17) is 16.5 Å². The summed E-state index contributed by atoms with van der Waals surface area (Å²) in [5.41, 5.74) is 19.3. The van der Waals surface area contributed by atoms with Crippen LogP contribution in [0.2, 0.25) is 0 Å². The van der Waals surface area contributed by atoms with Gasteiger partial charge in [0, 0.05) is 61.6 Å². The van der Waals surface area contributed by atoms with E-state index in [0.717, 1.165) is 54.1 Å². The fourth-order valence-electron chi connectivity index (χ4n) is 4.74. The van der Waals surface area contributed by atoms with Crippen LogP contribution in [0.3, 0.4) is 0 Å². The van der Waals surface area contributed by atoms with E-state index in [1.165, 1.54) is 5.56 Å². The third-order valence-electron chi connectivity index (χ3n) is 6.37. The van der Waals surface area contributed by atoms with E-state index in [2.05, 4.69) is 32.1 Å². The van der Waals surface area contributed by atoms with Crippen LogP contribution in [-0.4, -0.2) is 48.1 Å². The highest BCUT2D eigenvalue weighted by molar-refractivity contribution is 5.79. The number of fused-ring (bicyclic) bond motifs is 2. The molecule has 1 saturated heterocycles. The number of nitrogen functional groups attached to an aromatic ring is 1. The topological polar surface area (TPSA) is 116 Å². The molecule has 4 N–H and O–H groups in total. The van der Waals surface area contributed by atoms with Crippen molar-refractivity contribution >= 4 is 22.7 Å². The Kier molecular flexibility index (Phi) is 4.69. The molecule has 0 aliphatic carbocycles. The SMILES string of the molecule is Nc1nccn2c(Cc3cc(-c4cnn5ccccc45)ncc3N3CCC[C@@H](N)C3)cnc12. The first-order valence-electron chi connectivity index (χ1n) is 11.2. The lowest BCUT2D eigenvalue weighted by molar-refractivity contribution is 0.505. The molecule has 1 aliphatic rings. The quantitative estimate of drug-likeness (QED) is 0.442. The van der Waals surface area contributed by atoms with Crippen LogP contribution < -0.4 is 16.4 Å². The number of hydrogen-bond donors (Lipinski definition) is 2. The van der Waals surface area contributed by atoms with Gasteiger partial charge in [-0.15, -0.1) is 0 Å². The van der Waals surface area contributed by atoms with Gasteiger partial charge in [-0.25, -0.2) is 14.5 Å². The summed E-state index contributed by atoms with van der Waals surface area (Å²) < 4.78 is 3.87. The molecule has 0 bridgehead atoms. The predicted octanol–water partition coefficient (Wildman–Crippen LogP) is 2.54. The lowest BCUT2D eigenvalue weighted by Gasteiger charge is -2.33. The second kappa shape index (κ2) is 7.86. The third kappa shape index (κ3) is 3.46. The lowest BCUT2D eigenvalue weighted by atomic mass is 10.0. The maximum Gasteiger partial charge on any atom is 0.180 e. The zero-order chi connectivity index (χ0) is 22.4. The van der Waals surface area contributed by atoms with Crippen LogP contribution in [0, 0.1) is 0 Å². The molecular formula is C24H25N9. The standard InChI is InChI=1S/C24H25N9/c25-17-4-3-7-31(15-17)22-14-28-20(19-13-30-33-8-2-1-5-21(19)33)11-16(22)10-18-12-29-24-23(26)27-6-9-32(18)24/h1-2,5-6,8-9,11-14,17H,3-4,7,10,15,25H2,(H2,26,27)/t17-/m1/s1. The molecule has 0 radical (unpaired) electrons. The van der Waals surface area contributed by atoms with E-state index in [0.29, 0.717) is 17.9 Å². The fraction of sp³-hybridized carbons (Fsp3) is 0.250. The summed E-state index contributed by atoms with van der Waals surface area (Å²) in [6, 6.07) is 8.39. The molecule has 33 heavy (non-hydrogen) atoms. The minimum absolute atomic E-state index is 0.174. The van der Waals surface area contributed by atoms with Crippen LogP contribution in [0.5, 0.6) is 0 Å². The van der Waals surface area contributed by atoms with Crippen molar-refractivity contribution in [3.63, 3.8) is 0 Å². The van der Waals surface area contributed by atoms with Crippen molar-refractivity contribution in [2.24, 2.45) is 5.73 Å². The van der Waals surface area contributed by atoms with Gasteiger partial charge >= 0.3 is 0 Å². The van der Waals surface area contributed by atoms with Crippen LogP contribution >= 0.6 is 0 Å². The highest BCUT2D eigenvalue weighted by Gasteiger charge is 2.22. The van der Waals surface area contributed by atoms with Crippen molar-refractivity contribution in [2.45, 2.75) is 25.3 Å². The van der Waals surface area contributed by atoms with Gasteiger partial charge in [0.05, 0.1) is 29.3 Å². The number of aromatic nitrogens is 6. The van der Waals surface area contributed by atoms with Gasteiger partial charge in [-0.05, 0) is 36.6 Å². The summed E-state index contributed by atoms with van der Waals surface area (Å²) in [5.74, 6) is 0.424. The molecule has 0 amide bonds. The largest absolute Gasteiger partial charge is 0.381 e. The first kappa shape index (κ1) is 19.7. The molecule has 0 saturated carbocycles. The number of rotatable bonds is 4. The fourth-order valence-corrected chi connectivity index (χ4v) is 4.74. The van der Waals surface area contributed by atoms with Gasteiger partial charge in [0.25, 0.3) is 0 Å². The molecular weight excluding hydrogens is 414 g/mol. The number of anilines is 2. The van der Waals surface area contributed by atoms with E-state index < -0.39 is 0 Å². The van der Waals surface area contributed by atoms with Gasteiger partial charge in [0.1, 0.15) is 0 Å². The number of nitrogens with zero attached hydrogens (tertiary/aromatic N) is 7. The molecule has 6 heterocycles. The van der Waals surface area contributed by atoms with E-state index in [1.54, 1.807) is 6.20 Å². The Morgan fingerprint density at radius 3 is 2.91 bits per heavy atom. The molecule has 5 aromatic rings. The Morgan fingerprint density at radius 1 is 1.06 bits per heavy atom. The van der Waals surface area contributed by atoms with Crippen molar-refractivity contribution in [1.29, 1.82) is 0 Å². The van der Waals surface area contributed by atoms with Gasteiger partial charge < -0.3 is 16.4 Å². The van der Waals surface area contributed by atoms with Crippen molar-refractivity contribution in [2.75, 3.05) is 23.7 Å². The van der Waals surface area contributed by atoms with E-state index in [-0.39, 0.29) is 6.04 Å². The van der Waals surface area contributed by atoms with Gasteiger partial charge in [0.2, 0.25) is 0 Å². The van der Waals surface area contributed by atoms with Gasteiger partial charge in [-0.2, -0.15) is 5.10 Å². The Hall–Kier alpha value is -3.98. The molecule has 9 heteroatoms. The molecule has 0 unspecified atom stereocenters. The maximum atomic E-state index is 6.30. The summed E-state index contributed by atoms with van der Waals surface area (Å²) >= 11 is 0. The van der Waals surface area contributed by atoms with E-state index in [1.807, 2.05) is 52.0 Å². The summed E-state index contributed by atoms with van der Waals surface area (Å²) in [7, 11) is 0. The van der Waals surface area contributed by atoms with Crippen LogP contribution in [0.4, 0.5) is 11.5 Å². The van der Waals surface area contributed by atoms with Crippen molar-refractivity contribution in [1.82, 2.24) is 29.0 Å². The Bertz CT molecular complexity index is 1450. The van der Waals surface area contributed by atoms with Crippen molar-refractivity contribution < 1.29 is 0 Å². The van der Waals surface area contributed by atoms with Gasteiger partial charge in [0.15, 0.2) is 11.5 Å². The zero-order valence-electron chi connectivity index (χ0n) is 18.2. The average Bonchev–Trinajstić information content (AvgIpc) is 3.44. The number of pyridine rings is 2. The lowest BCUT2D eigenvalue weighted by Crippen LogP contribution is -2.43. The van der Waals surface area contributed by atoms with E-state index >= 15 is 0 Å². The smallest absolute Gasteiger partial charge is 0.180 e. The minimum Gasteiger partial charge on any atom is -0.381 e. The third-order valence-corrected chi connectivity index (χ3v) is 6.37. The maximum absolute atomic E-state index is 6.30. The Balaban J connectivity index is 1.47. The summed E-state index contributed by atoms with van der Waals surface area (Å²) in [5, 5.41) is 4.49. The van der Waals surface area contributed by atoms with E-state index in [9.17, 15) is 0 Å². The monoisotopic (exact) mass is 439 g/mol. The first-order valence-corrected chi connectivity index (χ1v) is 11.2. The van der Waals surface area contributed by atoms with Crippen LogP contribution in [-0.2, 0) is 6.42 Å². The minimum atomic E-state index is 0.174. The number of imidazole rings is 1. The van der Waals surface area contributed by atoms with Gasteiger partial charge in [-0.1, -0.05) is 6.07 Å². The molecule has 1 atom stereocenters. The Morgan fingerprint density at radius 2 is 2.00 bits per heavy atom. The zero-order valence-corrected chi connectivity index (χ0v) is 18.2. The van der Waals surface area contributed by atoms with Crippen molar-refractivity contribution in [3.05, 3.63) is 72.7 Å². The molecule has 9 nitrogen and oxygen atoms in total. The normalized spacial score (nSPS) is 16.6. The predicted molar refractivity (Wildman–Crippen MR) is 128 cm³/mol.